The van der Waals surface area contributed by atoms with Crippen LogP contribution in [0.25, 0.3) is 0 Å². The third-order valence-corrected chi connectivity index (χ3v) is 3.42. The summed E-state index contributed by atoms with van der Waals surface area (Å²) in [5, 5.41) is 2.66. The van der Waals surface area contributed by atoms with Crippen LogP contribution in [-0.4, -0.2) is 11.4 Å². The average molecular weight is 293 g/mol. The van der Waals surface area contributed by atoms with Crippen molar-refractivity contribution in [1.29, 1.82) is 0 Å². The first-order valence-corrected chi connectivity index (χ1v) is 5.94. The summed E-state index contributed by atoms with van der Waals surface area (Å²) >= 11 is 5.63. The van der Waals surface area contributed by atoms with Gasteiger partial charge in [0, 0.05) is 5.69 Å². The Kier molecular flexibility index (Phi) is 4.96. The number of hydrogen-bond donors (Lipinski definition) is 2. The molecule has 0 atom stereocenters. The molecule has 0 aromatic heterocycles. The minimum absolute atomic E-state index is 0. The Hall–Kier alpha value is -0.840. The average Bonchev–Trinajstić information content (AvgIpc) is 2.72. The Bertz CT molecular complexity index is 448. The first kappa shape index (κ1) is 15.2. The minimum atomic E-state index is -0.791. The van der Waals surface area contributed by atoms with Gasteiger partial charge in [-0.05, 0) is 31.0 Å². The van der Waals surface area contributed by atoms with Crippen LogP contribution in [0.15, 0.2) is 18.2 Å². The van der Waals surface area contributed by atoms with Crippen LogP contribution in [0, 0.1) is 5.82 Å². The standard InChI is InChI=1S/C12H14ClFN2O.ClH/c13-9-7-8(3-4-10(9)14)16-11(17)12(15)5-1-2-6-12;/h3-4,7H,1-2,5-6,15H2,(H,16,17);1H. The van der Waals surface area contributed by atoms with Crippen LogP contribution < -0.4 is 11.1 Å². The predicted molar refractivity (Wildman–Crippen MR) is 72.7 cm³/mol. The highest BCUT2D eigenvalue weighted by Gasteiger charge is 2.36. The highest BCUT2D eigenvalue weighted by atomic mass is 35.5. The van der Waals surface area contributed by atoms with Crippen LogP contribution in [0.5, 0.6) is 0 Å². The molecular weight excluding hydrogens is 278 g/mol. The molecule has 1 aliphatic carbocycles. The van der Waals surface area contributed by atoms with Gasteiger partial charge in [-0.2, -0.15) is 0 Å². The number of halogens is 3. The van der Waals surface area contributed by atoms with Crippen molar-refractivity contribution in [3.63, 3.8) is 0 Å². The maximum atomic E-state index is 12.9. The van der Waals surface area contributed by atoms with E-state index in [1.807, 2.05) is 0 Å². The second-order valence-electron chi connectivity index (χ2n) is 4.45. The lowest BCUT2D eigenvalue weighted by Crippen LogP contribution is -2.48. The molecule has 3 N–H and O–H groups in total. The molecule has 2 rings (SSSR count). The van der Waals surface area contributed by atoms with Gasteiger partial charge in [0.25, 0.3) is 0 Å². The zero-order chi connectivity index (χ0) is 12.5. The van der Waals surface area contributed by atoms with Crippen LogP contribution in [0.3, 0.4) is 0 Å². The fourth-order valence-corrected chi connectivity index (χ4v) is 2.24. The van der Waals surface area contributed by atoms with Crippen molar-refractivity contribution in [1.82, 2.24) is 0 Å². The van der Waals surface area contributed by atoms with Crippen molar-refractivity contribution in [3.8, 4) is 0 Å². The molecule has 1 saturated carbocycles. The Morgan fingerprint density at radius 1 is 1.39 bits per heavy atom. The topological polar surface area (TPSA) is 55.1 Å². The summed E-state index contributed by atoms with van der Waals surface area (Å²) in [4.78, 5) is 12.0. The van der Waals surface area contributed by atoms with Crippen LogP contribution in [0.4, 0.5) is 10.1 Å². The lowest BCUT2D eigenvalue weighted by Gasteiger charge is -2.22. The number of carbonyl (C=O) groups excluding carboxylic acids is 1. The van der Waals surface area contributed by atoms with E-state index in [4.69, 9.17) is 17.3 Å². The molecule has 0 radical (unpaired) electrons. The number of rotatable bonds is 2. The van der Waals surface area contributed by atoms with Gasteiger partial charge in [0.05, 0.1) is 10.6 Å². The number of amides is 1. The monoisotopic (exact) mass is 292 g/mol. The number of nitrogens with two attached hydrogens (primary N) is 1. The fourth-order valence-electron chi connectivity index (χ4n) is 2.06. The van der Waals surface area contributed by atoms with Crippen LogP contribution >= 0.6 is 24.0 Å². The van der Waals surface area contributed by atoms with Gasteiger partial charge in [-0.15, -0.1) is 12.4 Å². The highest BCUT2D eigenvalue weighted by molar-refractivity contribution is 6.31. The summed E-state index contributed by atoms with van der Waals surface area (Å²) in [7, 11) is 0. The third kappa shape index (κ3) is 3.13. The van der Waals surface area contributed by atoms with E-state index in [1.54, 1.807) is 0 Å². The largest absolute Gasteiger partial charge is 0.324 e. The molecule has 1 aliphatic rings. The first-order chi connectivity index (χ1) is 8.01. The second-order valence-corrected chi connectivity index (χ2v) is 4.85. The van der Waals surface area contributed by atoms with Gasteiger partial charge in [-0.1, -0.05) is 24.4 Å². The number of anilines is 1. The molecule has 0 aliphatic heterocycles. The summed E-state index contributed by atoms with van der Waals surface area (Å²) in [6, 6.07) is 4.07. The van der Waals surface area contributed by atoms with Gasteiger partial charge in [-0.3, -0.25) is 4.79 Å². The van der Waals surface area contributed by atoms with E-state index < -0.39 is 11.4 Å². The zero-order valence-electron chi connectivity index (χ0n) is 9.71. The van der Waals surface area contributed by atoms with E-state index in [9.17, 15) is 9.18 Å². The molecule has 1 aromatic carbocycles. The Labute approximate surface area is 116 Å². The molecule has 3 nitrogen and oxygen atoms in total. The molecule has 1 aromatic rings. The number of hydrogen-bond acceptors (Lipinski definition) is 2. The van der Waals surface area contributed by atoms with Gasteiger partial charge in [0.2, 0.25) is 5.91 Å². The molecule has 100 valence electrons. The Morgan fingerprint density at radius 3 is 2.56 bits per heavy atom. The van der Waals surface area contributed by atoms with E-state index in [0.29, 0.717) is 18.5 Å². The van der Waals surface area contributed by atoms with Gasteiger partial charge in [-0.25, -0.2) is 4.39 Å². The smallest absolute Gasteiger partial charge is 0.244 e. The van der Waals surface area contributed by atoms with Gasteiger partial charge in [0.1, 0.15) is 5.82 Å². The van der Waals surface area contributed by atoms with Crippen molar-refractivity contribution >= 4 is 35.6 Å². The SMILES string of the molecule is Cl.NC1(C(=O)Nc2ccc(F)c(Cl)c2)CCCC1. The predicted octanol–water partition coefficient (Wildman–Crippen LogP) is 3.11. The van der Waals surface area contributed by atoms with Gasteiger partial charge < -0.3 is 11.1 Å². The minimum Gasteiger partial charge on any atom is -0.324 e. The first-order valence-electron chi connectivity index (χ1n) is 5.57. The molecule has 0 heterocycles. The van der Waals surface area contributed by atoms with Crippen LogP contribution in [0.1, 0.15) is 25.7 Å². The third-order valence-electron chi connectivity index (χ3n) is 3.13. The molecule has 0 spiro atoms. The summed E-state index contributed by atoms with van der Waals surface area (Å²) < 4.78 is 12.9. The van der Waals surface area contributed by atoms with E-state index in [2.05, 4.69) is 5.32 Å². The van der Waals surface area contributed by atoms with Crippen LogP contribution in [0.2, 0.25) is 5.02 Å². The lowest BCUT2D eigenvalue weighted by molar-refractivity contribution is -0.121. The summed E-state index contributed by atoms with van der Waals surface area (Å²) in [6.45, 7) is 0. The van der Waals surface area contributed by atoms with E-state index in [1.165, 1.54) is 18.2 Å². The lowest BCUT2D eigenvalue weighted by atomic mass is 9.98. The van der Waals surface area contributed by atoms with Crippen molar-refractivity contribution in [2.24, 2.45) is 5.73 Å². The summed E-state index contributed by atoms with van der Waals surface area (Å²) in [5.74, 6) is -0.731. The van der Waals surface area contributed by atoms with Crippen molar-refractivity contribution < 1.29 is 9.18 Å². The zero-order valence-corrected chi connectivity index (χ0v) is 11.3. The van der Waals surface area contributed by atoms with Crippen molar-refractivity contribution in [2.75, 3.05) is 5.32 Å². The fraction of sp³-hybridized carbons (Fsp3) is 0.417. The maximum absolute atomic E-state index is 12.9. The molecule has 1 amide bonds. The quantitative estimate of drug-likeness (QED) is 0.880. The van der Waals surface area contributed by atoms with E-state index in [-0.39, 0.29) is 23.3 Å². The molecule has 18 heavy (non-hydrogen) atoms. The molecule has 0 saturated heterocycles. The molecule has 0 bridgehead atoms. The summed E-state index contributed by atoms with van der Waals surface area (Å²) in [5.41, 5.74) is 5.68. The van der Waals surface area contributed by atoms with Gasteiger partial charge >= 0.3 is 0 Å². The Balaban J connectivity index is 0.00000162. The number of benzene rings is 1. The van der Waals surface area contributed by atoms with E-state index >= 15 is 0 Å². The summed E-state index contributed by atoms with van der Waals surface area (Å²) in [6.07, 6.45) is 3.31. The van der Waals surface area contributed by atoms with Crippen LogP contribution in [-0.2, 0) is 4.79 Å². The van der Waals surface area contributed by atoms with E-state index in [0.717, 1.165) is 12.8 Å². The van der Waals surface area contributed by atoms with Crippen molar-refractivity contribution in [3.05, 3.63) is 29.0 Å². The normalized spacial score (nSPS) is 17.1. The Morgan fingerprint density at radius 2 is 2.00 bits per heavy atom. The number of carbonyl (C=O) groups is 1. The molecule has 6 heteroatoms. The highest BCUT2D eigenvalue weighted by Crippen LogP contribution is 2.29. The second kappa shape index (κ2) is 5.87. The maximum Gasteiger partial charge on any atom is 0.244 e. The van der Waals surface area contributed by atoms with Crippen molar-refractivity contribution in [2.45, 2.75) is 31.2 Å². The molecule has 1 fully saturated rings. The van der Waals surface area contributed by atoms with Gasteiger partial charge in [0.15, 0.2) is 0 Å². The molecular formula is C12H15Cl2FN2O. The molecule has 0 unspecified atom stereocenters. The number of nitrogens with one attached hydrogen (secondary N) is 1.